The summed E-state index contributed by atoms with van der Waals surface area (Å²) in [4.78, 5) is 20.7. The van der Waals surface area contributed by atoms with Gasteiger partial charge in [0.2, 0.25) is 11.9 Å². The van der Waals surface area contributed by atoms with E-state index in [1.54, 1.807) is 0 Å². The molecule has 0 unspecified atom stereocenters. The average molecular weight is 356 g/mol. The Balaban J connectivity index is 1.68. The van der Waals surface area contributed by atoms with Crippen molar-refractivity contribution in [3.63, 3.8) is 0 Å². The van der Waals surface area contributed by atoms with Gasteiger partial charge in [0.25, 0.3) is 0 Å². The summed E-state index contributed by atoms with van der Waals surface area (Å²) in [6, 6.07) is 9.41. The molecule has 0 aliphatic rings. The minimum Gasteiger partial charge on any atom is -0.494 e. The van der Waals surface area contributed by atoms with Crippen molar-refractivity contribution in [2.24, 2.45) is 0 Å². The van der Waals surface area contributed by atoms with Gasteiger partial charge in [0.1, 0.15) is 5.75 Å². The number of aromatic nitrogens is 2. The molecule has 0 atom stereocenters. The zero-order valence-corrected chi connectivity index (χ0v) is 15.8. The van der Waals surface area contributed by atoms with E-state index >= 15 is 0 Å². The maximum Gasteiger partial charge on any atom is 0.224 e. The number of hydrogen-bond acceptors (Lipinski definition) is 5. The summed E-state index contributed by atoms with van der Waals surface area (Å²) in [5, 5.41) is 6.06. The van der Waals surface area contributed by atoms with E-state index < -0.39 is 0 Å². The van der Waals surface area contributed by atoms with E-state index in [0.717, 1.165) is 42.3 Å². The van der Waals surface area contributed by atoms with Gasteiger partial charge in [0, 0.05) is 30.0 Å². The van der Waals surface area contributed by atoms with E-state index in [4.69, 9.17) is 4.74 Å². The summed E-state index contributed by atoms with van der Waals surface area (Å²) in [6.07, 6.45) is 3.30. The Morgan fingerprint density at radius 2 is 1.77 bits per heavy atom. The van der Waals surface area contributed by atoms with E-state index in [2.05, 4.69) is 27.5 Å². The largest absolute Gasteiger partial charge is 0.494 e. The number of unbranched alkanes of at least 4 members (excludes halogenated alkanes) is 1. The summed E-state index contributed by atoms with van der Waals surface area (Å²) in [5.41, 5.74) is 2.64. The Labute approximate surface area is 155 Å². The Bertz CT molecular complexity index is 681. The fourth-order valence-corrected chi connectivity index (χ4v) is 2.45. The number of carbonyl (C=O) groups is 1. The van der Waals surface area contributed by atoms with Crippen molar-refractivity contribution in [2.75, 3.05) is 23.8 Å². The van der Waals surface area contributed by atoms with Crippen LogP contribution in [-0.4, -0.2) is 29.0 Å². The SMILES string of the molecule is CCCCOc1ccc(NC(=O)CCCNc2nc(C)cc(C)n2)cc1. The van der Waals surface area contributed by atoms with Crippen LogP contribution in [0.3, 0.4) is 0 Å². The quantitative estimate of drug-likeness (QED) is 0.627. The molecule has 1 heterocycles. The first-order chi connectivity index (χ1) is 12.6. The van der Waals surface area contributed by atoms with Gasteiger partial charge >= 0.3 is 0 Å². The minimum atomic E-state index is -0.00667. The van der Waals surface area contributed by atoms with Crippen molar-refractivity contribution in [3.8, 4) is 5.75 Å². The molecule has 1 aromatic carbocycles. The van der Waals surface area contributed by atoms with Crippen LogP contribution in [0, 0.1) is 13.8 Å². The predicted octanol–water partition coefficient (Wildman–Crippen LogP) is 4.10. The number of nitrogens with one attached hydrogen (secondary N) is 2. The molecule has 6 nitrogen and oxygen atoms in total. The molecule has 0 bridgehead atoms. The molecule has 2 aromatic rings. The van der Waals surface area contributed by atoms with E-state index in [1.807, 2.05) is 44.2 Å². The van der Waals surface area contributed by atoms with Gasteiger partial charge < -0.3 is 15.4 Å². The molecule has 1 amide bonds. The van der Waals surface area contributed by atoms with E-state index in [1.165, 1.54) is 0 Å². The maximum absolute atomic E-state index is 12.0. The molecular weight excluding hydrogens is 328 g/mol. The number of benzene rings is 1. The molecule has 0 spiro atoms. The highest BCUT2D eigenvalue weighted by atomic mass is 16.5. The first kappa shape index (κ1) is 19.7. The van der Waals surface area contributed by atoms with Crippen LogP contribution in [0.4, 0.5) is 11.6 Å². The molecule has 0 saturated heterocycles. The fraction of sp³-hybridized carbons (Fsp3) is 0.450. The number of aryl methyl sites for hydroxylation is 2. The number of amides is 1. The second kappa shape index (κ2) is 10.4. The summed E-state index contributed by atoms with van der Waals surface area (Å²) >= 11 is 0. The molecule has 0 aliphatic carbocycles. The first-order valence-corrected chi connectivity index (χ1v) is 9.15. The van der Waals surface area contributed by atoms with Gasteiger partial charge in [-0.15, -0.1) is 0 Å². The molecule has 0 aliphatic heterocycles. The third kappa shape index (κ3) is 7.09. The number of ether oxygens (including phenoxy) is 1. The molecule has 26 heavy (non-hydrogen) atoms. The second-order valence-corrected chi connectivity index (χ2v) is 6.28. The average Bonchev–Trinajstić information content (AvgIpc) is 2.60. The van der Waals surface area contributed by atoms with Crippen LogP contribution < -0.4 is 15.4 Å². The third-order valence-electron chi connectivity index (χ3n) is 3.75. The normalized spacial score (nSPS) is 10.4. The molecule has 2 N–H and O–H groups in total. The Morgan fingerprint density at radius 3 is 2.42 bits per heavy atom. The van der Waals surface area contributed by atoms with Crippen LogP contribution in [0.5, 0.6) is 5.75 Å². The van der Waals surface area contributed by atoms with Gasteiger partial charge in [-0.2, -0.15) is 0 Å². The van der Waals surface area contributed by atoms with Crippen LogP contribution in [0.2, 0.25) is 0 Å². The van der Waals surface area contributed by atoms with Crippen molar-refractivity contribution < 1.29 is 9.53 Å². The number of carbonyl (C=O) groups excluding carboxylic acids is 1. The number of anilines is 2. The molecule has 0 radical (unpaired) electrons. The zero-order chi connectivity index (χ0) is 18.8. The van der Waals surface area contributed by atoms with Crippen molar-refractivity contribution in [3.05, 3.63) is 41.7 Å². The smallest absolute Gasteiger partial charge is 0.224 e. The molecule has 0 fully saturated rings. The second-order valence-electron chi connectivity index (χ2n) is 6.28. The van der Waals surface area contributed by atoms with Crippen LogP contribution in [-0.2, 0) is 4.79 Å². The van der Waals surface area contributed by atoms with Crippen molar-refractivity contribution >= 4 is 17.5 Å². The number of nitrogens with zero attached hydrogens (tertiary/aromatic N) is 2. The lowest BCUT2D eigenvalue weighted by molar-refractivity contribution is -0.116. The van der Waals surface area contributed by atoms with Gasteiger partial charge in [-0.3, -0.25) is 4.79 Å². The predicted molar refractivity (Wildman–Crippen MR) is 105 cm³/mol. The first-order valence-electron chi connectivity index (χ1n) is 9.15. The molecule has 2 rings (SSSR count). The van der Waals surface area contributed by atoms with Crippen LogP contribution in [0.15, 0.2) is 30.3 Å². The summed E-state index contributed by atoms with van der Waals surface area (Å²) in [7, 11) is 0. The maximum atomic E-state index is 12.0. The highest BCUT2D eigenvalue weighted by Crippen LogP contribution is 2.16. The van der Waals surface area contributed by atoms with Crippen molar-refractivity contribution in [2.45, 2.75) is 46.5 Å². The van der Waals surface area contributed by atoms with Crippen molar-refractivity contribution in [1.82, 2.24) is 9.97 Å². The third-order valence-corrected chi connectivity index (χ3v) is 3.75. The highest BCUT2D eigenvalue weighted by molar-refractivity contribution is 5.90. The monoisotopic (exact) mass is 356 g/mol. The topological polar surface area (TPSA) is 76.1 Å². The summed E-state index contributed by atoms with van der Waals surface area (Å²) in [5.74, 6) is 1.43. The van der Waals surface area contributed by atoms with Crippen LogP contribution in [0.25, 0.3) is 0 Å². The Kier molecular flexibility index (Phi) is 7.86. The van der Waals surface area contributed by atoms with Gasteiger partial charge in [-0.1, -0.05) is 13.3 Å². The van der Waals surface area contributed by atoms with Crippen LogP contribution in [0.1, 0.15) is 44.0 Å². The minimum absolute atomic E-state index is 0.00667. The molecular formula is C20H28N4O2. The molecule has 0 saturated carbocycles. The Morgan fingerprint density at radius 1 is 1.08 bits per heavy atom. The number of rotatable bonds is 10. The summed E-state index contributed by atoms with van der Waals surface area (Å²) < 4.78 is 5.61. The number of hydrogen-bond donors (Lipinski definition) is 2. The van der Waals surface area contributed by atoms with Crippen molar-refractivity contribution in [1.29, 1.82) is 0 Å². The zero-order valence-electron chi connectivity index (χ0n) is 15.8. The fourth-order valence-electron chi connectivity index (χ4n) is 2.45. The highest BCUT2D eigenvalue weighted by Gasteiger charge is 2.04. The summed E-state index contributed by atoms with van der Waals surface area (Å²) in [6.45, 7) is 7.38. The van der Waals surface area contributed by atoms with Gasteiger partial charge in [0.15, 0.2) is 0 Å². The van der Waals surface area contributed by atoms with Gasteiger partial charge in [-0.25, -0.2) is 9.97 Å². The Hall–Kier alpha value is -2.63. The van der Waals surface area contributed by atoms with E-state index in [-0.39, 0.29) is 5.91 Å². The lowest BCUT2D eigenvalue weighted by atomic mass is 10.2. The van der Waals surface area contributed by atoms with Crippen LogP contribution >= 0.6 is 0 Å². The van der Waals surface area contributed by atoms with Gasteiger partial charge in [-0.05, 0) is 57.0 Å². The van der Waals surface area contributed by atoms with E-state index in [0.29, 0.717) is 25.3 Å². The van der Waals surface area contributed by atoms with Gasteiger partial charge in [0.05, 0.1) is 6.61 Å². The lowest BCUT2D eigenvalue weighted by Crippen LogP contribution is -2.14. The molecule has 1 aromatic heterocycles. The molecule has 6 heteroatoms. The standard InChI is InChI=1S/C20H28N4O2/c1-4-5-13-26-18-10-8-17(9-11-18)24-19(25)7-6-12-21-20-22-15(2)14-16(3)23-20/h8-11,14H,4-7,12-13H2,1-3H3,(H,24,25)(H,21,22,23). The lowest BCUT2D eigenvalue weighted by Gasteiger charge is -2.09. The molecule has 140 valence electrons. The van der Waals surface area contributed by atoms with E-state index in [9.17, 15) is 4.79 Å².